The molecular weight excluding hydrogens is 669 g/mol. The number of hydrogen-bond acceptors (Lipinski definition) is 5. The predicted octanol–water partition coefficient (Wildman–Crippen LogP) is 15.4. The van der Waals surface area contributed by atoms with Gasteiger partial charge in [-0.15, -0.1) is 0 Å². The Balaban J connectivity index is 3.50. The Bertz CT molecular complexity index is 821. The number of rotatable bonds is 44. The highest BCUT2D eigenvalue weighted by Gasteiger charge is 2.16. The second-order valence-electron chi connectivity index (χ2n) is 16.2. The van der Waals surface area contributed by atoms with E-state index >= 15 is 0 Å². The molecular formula is C49H92O5. The second-order valence-corrected chi connectivity index (χ2v) is 16.2. The molecule has 0 aromatic carbocycles. The summed E-state index contributed by atoms with van der Waals surface area (Å²) >= 11 is 0. The molecule has 0 aliphatic rings. The van der Waals surface area contributed by atoms with E-state index in [1.807, 2.05) is 0 Å². The van der Waals surface area contributed by atoms with E-state index in [0.29, 0.717) is 12.8 Å². The molecule has 0 unspecified atom stereocenters. The van der Waals surface area contributed by atoms with Gasteiger partial charge < -0.3 is 14.6 Å². The fraction of sp³-hybridized carbons (Fsp3) is 0.878. The lowest BCUT2D eigenvalue weighted by Crippen LogP contribution is -2.28. The molecule has 0 heterocycles. The summed E-state index contributed by atoms with van der Waals surface area (Å²) in [6, 6.07) is 0. The standard InChI is InChI=1S/C49H92O5/c1-3-5-7-9-11-13-15-17-19-21-22-23-24-25-26-28-29-31-33-35-37-39-41-43-48(51)53-46-47(45-50)54-49(52)44-42-40-38-36-34-32-30-27-20-18-16-14-12-10-8-6-4-2/h18,20,35,37,47,50H,3-17,19,21-34,36,38-46H2,1-2H3/b20-18+,37-35+/t47-/m0/s1. The van der Waals surface area contributed by atoms with Crippen LogP contribution in [0.15, 0.2) is 24.3 Å². The quantitative estimate of drug-likeness (QED) is 0.0380. The zero-order valence-electron chi connectivity index (χ0n) is 36.3. The van der Waals surface area contributed by atoms with E-state index in [1.54, 1.807) is 0 Å². The van der Waals surface area contributed by atoms with Gasteiger partial charge in [0.15, 0.2) is 6.10 Å². The van der Waals surface area contributed by atoms with Crippen LogP contribution in [0.3, 0.4) is 0 Å². The number of allylic oxidation sites excluding steroid dienone is 4. The van der Waals surface area contributed by atoms with Gasteiger partial charge in [-0.2, -0.15) is 0 Å². The first kappa shape index (κ1) is 52.4. The summed E-state index contributed by atoms with van der Waals surface area (Å²) in [6.45, 7) is 4.14. The lowest BCUT2D eigenvalue weighted by molar-refractivity contribution is -0.161. The first-order valence-corrected chi connectivity index (χ1v) is 23.9. The normalized spacial score (nSPS) is 12.3. The molecule has 0 saturated carbocycles. The minimum atomic E-state index is -0.782. The van der Waals surface area contributed by atoms with Gasteiger partial charge in [-0.25, -0.2) is 0 Å². The molecule has 0 bridgehead atoms. The SMILES string of the molecule is CCCCCCCC/C=C/CCCCCCCCCC(=O)O[C@@H](CO)COC(=O)CCC/C=C/CCCCCCCCCCCCCCCCCCCC. The van der Waals surface area contributed by atoms with Crippen LogP contribution in [0.2, 0.25) is 0 Å². The van der Waals surface area contributed by atoms with Crippen LogP contribution in [0.1, 0.15) is 258 Å². The summed E-state index contributed by atoms with van der Waals surface area (Å²) < 4.78 is 10.6. The van der Waals surface area contributed by atoms with Crippen molar-refractivity contribution < 1.29 is 24.2 Å². The molecule has 5 nitrogen and oxygen atoms in total. The molecule has 0 spiro atoms. The van der Waals surface area contributed by atoms with Crippen molar-refractivity contribution in [3.63, 3.8) is 0 Å². The molecule has 318 valence electrons. The van der Waals surface area contributed by atoms with E-state index in [9.17, 15) is 14.7 Å². The third-order valence-corrected chi connectivity index (χ3v) is 10.7. The van der Waals surface area contributed by atoms with Crippen molar-refractivity contribution in [1.82, 2.24) is 0 Å². The molecule has 0 aromatic heterocycles. The van der Waals surface area contributed by atoms with Gasteiger partial charge in [-0.3, -0.25) is 9.59 Å². The van der Waals surface area contributed by atoms with E-state index < -0.39 is 6.10 Å². The van der Waals surface area contributed by atoms with Crippen molar-refractivity contribution in [3.05, 3.63) is 24.3 Å². The number of hydrogen-bond donors (Lipinski definition) is 1. The largest absolute Gasteiger partial charge is 0.462 e. The van der Waals surface area contributed by atoms with Crippen LogP contribution in [0.25, 0.3) is 0 Å². The molecule has 0 amide bonds. The van der Waals surface area contributed by atoms with Crippen LogP contribution in [-0.2, 0) is 19.1 Å². The van der Waals surface area contributed by atoms with Gasteiger partial charge in [0.25, 0.3) is 0 Å². The Morgan fingerprint density at radius 1 is 0.407 bits per heavy atom. The summed E-state index contributed by atoms with van der Waals surface area (Å²) in [4.78, 5) is 24.4. The molecule has 0 radical (unpaired) electrons. The number of unbranched alkanes of at least 4 members (excludes halogenated alkanes) is 32. The molecule has 0 aromatic rings. The van der Waals surface area contributed by atoms with Crippen molar-refractivity contribution in [2.24, 2.45) is 0 Å². The average Bonchev–Trinajstić information content (AvgIpc) is 3.17. The lowest BCUT2D eigenvalue weighted by Gasteiger charge is -2.15. The molecule has 0 rings (SSSR count). The molecule has 1 N–H and O–H groups in total. The maximum Gasteiger partial charge on any atom is 0.306 e. The second kappa shape index (κ2) is 45.8. The van der Waals surface area contributed by atoms with Gasteiger partial charge >= 0.3 is 11.9 Å². The molecule has 1 atom stereocenters. The maximum atomic E-state index is 12.2. The van der Waals surface area contributed by atoms with Crippen LogP contribution in [0.4, 0.5) is 0 Å². The van der Waals surface area contributed by atoms with Crippen LogP contribution in [0.5, 0.6) is 0 Å². The first-order chi connectivity index (χ1) is 26.6. The molecule has 0 fully saturated rings. The zero-order valence-corrected chi connectivity index (χ0v) is 36.3. The highest BCUT2D eigenvalue weighted by Crippen LogP contribution is 2.16. The third kappa shape index (κ3) is 43.1. The van der Waals surface area contributed by atoms with E-state index in [2.05, 4.69) is 38.2 Å². The van der Waals surface area contributed by atoms with Crippen LogP contribution in [-0.4, -0.2) is 36.4 Å². The maximum absolute atomic E-state index is 12.2. The smallest absolute Gasteiger partial charge is 0.306 e. The molecule has 54 heavy (non-hydrogen) atoms. The summed E-state index contributed by atoms with van der Waals surface area (Å²) in [5, 5.41) is 9.59. The third-order valence-electron chi connectivity index (χ3n) is 10.7. The monoisotopic (exact) mass is 761 g/mol. The van der Waals surface area contributed by atoms with Gasteiger partial charge in [0.05, 0.1) is 6.61 Å². The zero-order chi connectivity index (χ0) is 39.3. The molecule has 0 saturated heterocycles. The Morgan fingerprint density at radius 3 is 1.06 bits per heavy atom. The van der Waals surface area contributed by atoms with Crippen LogP contribution in [0, 0.1) is 0 Å². The van der Waals surface area contributed by atoms with Crippen molar-refractivity contribution in [2.45, 2.75) is 264 Å². The Labute approximate surface area is 336 Å². The highest BCUT2D eigenvalue weighted by molar-refractivity contribution is 5.70. The lowest BCUT2D eigenvalue weighted by atomic mass is 10.0. The molecule has 0 aliphatic carbocycles. The van der Waals surface area contributed by atoms with Gasteiger partial charge in [0.2, 0.25) is 0 Å². The minimum absolute atomic E-state index is 0.0789. The van der Waals surface area contributed by atoms with Gasteiger partial charge in [0.1, 0.15) is 6.61 Å². The topological polar surface area (TPSA) is 72.8 Å². The van der Waals surface area contributed by atoms with Crippen molar-refractivity contribution in [1.29, 1.82) is 0 Å². The van der Waals surface area contributed by atoms with Crippen molar-refractivity contribution in [3.8, 4) is 0 Å². The molecule has 5 heteroatoms. The Hall–Kier alpha value is -1.62. The van der Waals surface area contributed by atoms with E-state index in [1.165, 1.54) is 193 Å². The fourth-order valence-corrected chi connectivity index (χ4v) is 7.08. The summed E-state index contributed by atoms with van der Waals surface area (Å²) in [5.41, 5.74) is 0. The van der Waals surface area contributed by atoms with Crippen molar-refractivity contribution in [2.75, 3.05) is 13.2 Å². The number of aliphatic hydroxyl groups excluding tert-OH is 1. The number of esters is 2. The van der Waals surface area contributed by atoms with E-state index in [0.717, 1.165) is 38.5 Å². The summed E-state index contributed by atoms with van der Waals surface area (Å²) in [6.07, 6.45) is 55.6. The number of aliphatic hydroxyl groups is 1. The van der Waals surface area contributed by atoms with Gasteiger partial charge in [0, 0.05) is 12.8 Å². The van der Waals surface area contributed by atoms with E-state index in [-0.39, 0.29) is 25.2 Å². The fourth-order valence-electron chi connectivity index (χ4n) is 7.08. The van der Waals surface area contributed by atoms with E-state index in [4.69, 9.17) is 9.47 Å². The minimum Gasteiger partial charge on any atom is -0.462 e. The highest BCUT2D eigenvalue weighted by atomic mass is 16.6. The number of carbonyl (C=O) groups is 2. The number of ether oxygens (including phenoxy) is 2. The molecule has 0 aliphatic heterocycles. The van der Waals surface area contributed by atoms with Gasteiger partial charge in [-0.1, -0.05) is 212 Å². The van der Waals surface area contributed by atoms with Crippen LogP contribution < -0.4 is 0 Å². The van der Waals surface area contributed by atoms with Crippen LogP contribution >= 0.6 is 0 Å². The first-order valence-electron chi connectivity index (χ1n) is 23.9. The Kier molecular flexibility index (Phi) is 44.4. The summed E-state index contributed by atoms with van der Waals surface area (Å²) in [7, 11) is 0. The number of carbonyl (C=O) groups excluding carboxylic acids is 2. The average molecular weight is 761 g/mol. The summed E-state index contributed by atoms with van der Waals surface area (Å²) in [5.74, 6) is -0.622. The van der Waals surface area contributed by atoms with Crippen molar-refractivity contribution >= 4 is 11.9 Å². The predicted molar refractivity (Wildman–Crippen MR) is 233 cm³/mol. The van der Waals surface area contributed by atoms with Gasteiger partial charge in [-0.05, 0) is 57.8 Å². The Morgan fingerprint density at radius 2 is 0.704 bits per heavy atom.